The Bertz CT molecular complexity index is 1330. The van der Waals surface area contributed by atoms with Gasteiger partial charge in [0.1, 0.15) is 22.1 Å². The topological polar surface area (TPSA) is 179 Å². The number of halogens is 1. The van der Waals surface area contributed by atoms with E-state index < -0.39 is 75.9 Å². The van der Waals surface area contributed by atoms with Gasteiger partial charge in [-0.15, -0.1) is 5.10 Å². The third-order valence-corrected chi connectivity index (χ3v) is 8.16. The van der Waals surface area contributed by atoms with Gasteiger partial charge in [-0.3, -0.25) is 19.2 Å². The molecule has 3 rings (SSSR count). The molecule has 2 aromatic rings. The van der Waals surface area contributed by atoms with Crippen LogP contribution in [0.5, 0.6) is 0 Å². The molecule has 1 aliphatic heterocycles. The van der Waals surface area contributed by atoms with Gasteiger partial charge in [0.15, 0.2) is 33.6 Å². The van der Waals surface area contributed by atoms with Crippen LogP contribution in [0.3, 0.4) is 0 Å². The standard InChI is InChI=1S/C23H26IN3O11S/c1-12(28)34-10-18-19(35-13(2)29)20(36-14(3)30)21(37-15(4)31)23(38-18)39(32,33)11-17-22(24)27(26-25-17)16-8-6-5-7-9-16/h5-9,18-21,23H,10-11H2,1-4H3/t18-,19-,20+,21-,23+/m1/s1. The van der Waals surface area contributed by atoms with Gasteiger partial charge in [-0.25, -0.2) is 13.1 Å². The number of rotatable bonds is 9. The van der Waals surface area contributed by atoms with Gasteiger partial charge < -0.3 is 23.7 Å². The maximum atomic E-state index is 13.7. The van der Waals surface area contributed by atoms with Crippen molar-refractivity contribution < 1.29 is 51.3 Å². The zero-order valence-electron chi connectivity index (χ0n) is 21.3. The second kappa shape index (κ2) is 12.8. The van der Waals surface area contributed by atoms with E-state index in [1.165, 1.54) is 4.68 Å². The lowest BCUT2D eigenvalue weighted by Gasteiger charge is -2.43. The predicted molar refractivity (Wildman–Crippen MR) is 139 cm³/mol. The highest BCUT2D eigenvalue weighted by atomic mass is 127. The van der Waals surface area contributed by atoms with E-state index >= 15 is 0 Å². The van der Waals surface area contributed by atoms with E-state index in [1.54, 1.807) is 24.3 Å². The minimum Gasteiger partial charge on any atom is -0.463 e. The molecule has 0 spiro atoms. The Kier molecular flexibility index (Phi) is 10.0. The van der Waals surface area contributed by atoms with Crippen molar-refractivity contribution in [1.82, 2.24) is 15.0 Å². The molecule has 0 aliphatic carbocycles. The maximum Gasteiger partial charge on any atom is 0.303 e. The normalized spacial score (nSPS) is 22.9. The number of carbonyl (C=O) groups excluding carboxylic acids is 4. The van der Waals surface area contributed by atoms with Crippen molar-refractivity contribution in [3.8, 4) is 5.69 Å². The average Bonchev–Trinajstić information content (AvgIpc) is 3.19. The third kappa shape index (κ3) is 7.72. The second-order valence-electron chi connectivity index (χ2n) is 8.45. The monoisotopic (exact) mass is 679 g/mol. The second-order valence-corrected chi connectivity index (χ2v) is 11.5. The van der Waals surface area contributed by atoms with Crippen LogP contribution in [-0.2, 0) is 58.5 Å². The summed E-state index contributed by atoms with van der Waals surface area (Å²) in [6, 6.07) is 8.88. The molecule has 1 aromatic heterocycles. The first-order valence-electron chi connectivity index (χ1n) is 11.5. The molecular formula is C23H26IN3O11S. The van der Waals surface area contributed by atoms with Crippen molar-refractivity contribution in [3.63, 3.8) is 0 Å². The number of hydrogen-bond acceptors (Lipinski definition) is 13. The summed E-state index contributed by atoms with van der Waals surface area (Å²) in [5.74, 6) is -4.04. The molecule has 212 valence electrons. The van der Waals surface area contributed by atoms with Crippen LogP contribution in [0.25, 0.3) is 5.69 Å². The van der Waals surface area contributed by atoms with Crippen molar-refractivity contribution in [2.45, 2.75) is 63.3 Å². The quantitative estimate of drug-likeness (QED) is 0.207. The van der Waals surface area contributed by atoms with Gasteiger partial charge >= 0.3 is 23.9 Å². The Morgan fingerprint density at radius 3 is 2.03 bits per heavy atom. The number of esters is 4. The Hall–Kier alpha value is -3.12. The molecule has 0 saturated carbocycles. The lowest BCUT2D eigenvalue weighted by molar-refractivity contribution is -0.238. The first-order chi connectivity index (χ1) is 18.3. The molecule has 0 radical (unpaired) electrons. The predicted octanol–water partition coefficient (Wildman–Crippen LogP) is 0.870. The fraction of sp³-hybridized carbons (Fsp3) is 0.478. The molecule has 0 N–H and O–H groups in total. The van der Waals surface area contributed by atoms with Crippen molar-refractivity contribution in [1.29, 1.82) is 0 Å². The molecule has 1 aromatic carbocycles. The van der Waals surface area contributed by atoms with Crippen LogP contribution in [0.15, 0.2) is 30.3 Å². The van der Waals surface area contributed by atoms with Gasteiger partial charge in [0.2, 0.25) is 0 Å². The highest BCUT2D eigenvalue weighted by molar-refractivity contribution is 14.1. The van der Waals surface area contributed by atoms with Gasteiger partial charge in [0.25, 0.3) is 0 Å². The minimum atomic E-state index is -4.41. The summed E-state index contributed by atoms with van der Waals surface area (Å²) < 4.78 is 55.9. The number of hydrogen-bond donors (Lipinski definition) is 0. The Morgan fingerprint density at radius 1 is 0.897 bits per heavy atom. The van der Waals surface area contributed by atoms with Crippen LogP contribution in [0.1, 0.15) is 33.4 Å². The van der Waals surface area contributed by atoms with E-state index in [2.05, 4.69) is 10.3 Å². The van der Waals surface area contributed by atoms with Gasteiger partial charge in [-0.05, 0) is 34.7 Å². The number of carbonyl (C=O) groups is 4. The fourth-order valence-corrected chi connectivity index (χ4v) is 6.48. The lowest BCUT2D eigenvalue weighted by atomic mass is 9.99. The zero-order valence-corrected chi connectivity index (χ0v) is 24.3. The van der Waals surface area contributed by atoms with E-state index in [0.717, 1.165) is 27.7 Å². The Morgan fingerprint density at radius 2 is 1.46 bits per heavy atom. The van der Waals surface area contributed by atoms with E-state index in [9.17, 15) is 27.6 Å². The molecule has 0 unspecified atom stereocenters. The summed E-state index contributed by atoms with van der Waals surface area (Å²) in [5.41, 5.74) is -1.20. The first kappa shape index (κ1) is 30.4. The number of nitrogens with zero attached hydrogens (tertiary/aromatic N) is 3. The molecule has 0 bridgehead atoms. The summed E-state index contributed by atoms with van der Waals surface area (Å²) >= 11 is 1.90. The number of aromatic nitrogens is 3. The smallest absolute Gasteiger partial charge is 0.303 e. The van der Waals surface area contributed by atoms with Gasteiger partial charge in [0, 0.05) is 27.7 Å². The Balaban J connectivity index is 2.04. The molecule has 2 heterocycles. The molecule has 5 atom stereocenters. The molecule has 1 aliphatic rings. The molecule has 16 heteroatoms. The summed E-state index contributed by atoms with van der Waals surface area (Å²) in [5, 5.41) is 8.03. The van der Waals surface area contributed by atoms with E-state index in [4.69, 9.17) is 23.7 Å². The average molecular weight is 679 g/mol. The van der Waals surface area contributed by atoms with Crippen LogP contribution in [0.2, 0.25) is 0 Å². The van der Waals surface area contributed by atoms with Crippen molar-refractivity contribution in [2.24, 2.45) is 0 Å². The van der Waals surface area contributed by atoms with E-state index in [-0.39, 0.29) is 5.69 Å². The maximum absolute atomic E-state index is 13.7. The highest BCUT2D eigenvalue weighted by Crippen LogP contribution is 2.33. The van der Waals surface area contributed by atoms with Crippen LogP contribution in [0, 0.1) is 3.70 Å². The molecular weight excluding hydrogens is 653 g/mol. The number of para-hydroxylation sites is 1. The summed E-state index contributed by atoms with van der Waals surface area (Å²) in [7, 11) is -4.41. The lowest BCUT2D eigenvalue weighted by Crippen LogP contribution is -2.64. The summed E-state index contributed by atoms with van der Waals surface area (Å²) in [4.78, 5) is 47.3. The Labute approximate surface area is 237 Å². The van der Waals surface area contributed by atoms with E-state index in [1.807, 2.05) is 28.7 Å². The van der Waals surface area contributed by atoms with Crippen molar-refractivity contribution in [3.05, 3.63) is 39.7 Å². The SMILES string of the molecule is CC(=O)OC[C@H]1O[C@@H](S(=O)(=O)Cc2nnn(-c3ccccc3)c2I)[C@H](OC(C)=O)[C@@H](OC(C)=O)[C@@H]1OC(C)=O. The molecule has 14 nitrogen and oxygen atoms in total. The van der Waals surface area contributed by atoms with E-state index in [0.29, 0.717) is 9.39 Å². The summed E-state index contributed by atoms with van der Waals surface area (Å²) in [6.45, 7) is 3.69. The summed E-state index contributed by atoms with van der Waals surface area (Å²) in [6.07, 6.45) is -6.21. The number of ether oxygens (including phenoxy) is 5. The van der Waals surface area contributed by atoms with Crippen LogP contribution >= 0.6 is 22.6 Å². The number of benzene rings is 1. The zero-order chi connectivity index (χ0) is 28.9. The van der Waals surface area contributed by atoms with Gasteiger partial charge in [-0.2, -0.15) is 0 Å². The molecule has 1 saturated heterocycles. The largest absolute Gasteiger partial charge is 0.463 e. The van der Waals surface area contributed by atoms with Crippen LogP contribution < -0.4 is 0 Å². The molecule has 1 fully saturated rings. The minimum absolute atomic E-state index is 0.0762. The fourth-order valence-electron chi connectivity index (χ4n) is 3.87. The van der Waals surface area contributed by atoms with Gasteiger partial charge in [-0.1, -0.05) is 23.4 Å². The van der Waals surface area contributed by atoms with Crippen LogP contribution in [-0.4, -0.2) is 83.7 Å². The molecule has 0 amide bonds. The number of sulfone groups is 1. The van der Waals surface area contributed by atoms with Crippen molar-refractivity contribution in [2.75, 3.05) is 6.61 Å². The third-order valence-electron chi connectivity index (χ3n) is 5.32. The van der Waals surface area contributed by atoms with Crippen LogP contribution in [0.4, 0.5) is 0 Å². The van der Waals surface area contributed by atoms with Crippen molar-refractivity contribution >= 4 is 56.3 Å². The molecule has 39 heavy (non-hydrogen) atoms. The van der Waals surface area contributed by atoms with Gasteiger partial charge in [0.05, 0.1) is 11.4 Å². The highest BCUT2D eigenvalue weighted by Gasteiger charge is 2.56. The first-order valence-corrected chi connectivity index (χ1v) is 14.3.